The first-order valence-electron chi connectivity index (χ1n) is 6.84. The van der Waals surface area contributed by atoms with E-state index in [-0.39, 0.29) is 0 Å². The van der Waals surface area contributed by atoms with Gasteiger partial charge in [-0.3, -0.25) is 0 Å². The van der Waals surface area contributed by atoms with Crippen molar-refractivity contribution < 1.29 is 4.74 Å². The highest BCUT2D eigenvalue weighted by Crippen LogP contribution is 2.19. The number of likely N-dealkylation sites (N-methyl/N-ethyl adjacent to an activating group) is 1. The van der Waals surface area contributed by atoms with Crippen molar-refractivity contribution in [2.24, 2.45) is 5.92 Å². The molecule has 0 aliphatic carbocycles. The Labute approximate surface area is 105 Å². The lowest BCUT2D eigenvalue weighted by atomic mass is 9.99. The van der Waals surface area contributed by atoms with Crippen LogP contribution in [-0.4, -0.2) is 75.9 Å². The van der Waals surface area contributed by atoms with Gasteiger partial charge in [-0.1, -0.05) is 0 Å². The largest absolute Gasteiger partial charge is 0.379 e. The summed E-state index contributed by atoms with van der Waals surface area (Å²) in [6.45, 7) is 5.51. The van der Waals surface area contributed by atoms with Crippen LogP contribution in [-0.2, 0) is 4.74 Å². The Morgan fingerprint density at radius 2 is 1.94 bits per heavy atom. The normalized spacial score (nSPS) is 32.5. The van der Waals surface area contributed by atoms with Crippen LogP contribution < -0.4 is 5.32 Å². The minimum atomic E-state index is 0.557. The van der Waals surface area contributed by atoms with E-state index in [1.54, 1.807) is 0 Å². The summed E-state index contributed by atoms with van der Waals surface area (Å²) in [7, 11) is 6.44. The van der Waals surface area contributed by atoms with E-state index >= 15 is 0 Å². The number of likely N-dealkylation sites (tertiary alicyclic amines) is 1. The summed E-state index contributed by atoms with van der Waals surface area (Å²) in [6.07, 6.45) is 2.62. The van der Waals surface area contributed by atoms with Gasteiger partial charge >= 0.3 is 0 Å². The van der Waals surface area contributed by atoms with Crippen molar-refractivity contribution in [1.29, 1.82) is 0 Å². The summed E-state index contributed by atoms with van der Waals surface area (Å²) < 4.78 is 5.56. The zero-order chi connectivity index (χ0) is 12.3. The van der Waals surface area contributed by atoms with E-state index in [1.807, 2.05) is 7.05 Å². The number of rotatable bonds is 4. The molecule has 4 heteroatoms. The monoisotopic (exact) mass is 241 g/mol. The molecule has 0 aromatic heterocycles. The van der Waals surface area contributed by atoms with E-state index in [9.17, 15) is 0 Å². The fraction of sp³-hybridized carbons (Fsp3) is 1.00. The second kappa shape index (κ2) is 6.14. The van der Waals surface area contributed by atoms with Gasteiger partial charge in [0.1, 0.15) is 0 Å². The molecule has 4 nitrogen and oxygen atoms in total. The first-order valence-corrected chi connectivity index (χ1v) is 6.84. The summed E-state index contributed by atoms with van der Waals surface area (Å²) in [5.41, 5.74) is 0. The Morgan fingerprint density at radius 1 is 1.24 bits per heavy atom. The van der Waals surface area contributed by atoms with Gasteiger partial charge in [0, 0.05) is 24.5 Å². The minimum Gasteiger partial charge on any atom is -0.379 e. The van der Waals surface area contributed by atoms with Gasteiger partial charge in [-0.05, 0) is 47.1 Å². The standard InChI is InChI=1S/C13H27N3O/c1-14-13-10-17-9-11(13)8-16-6-4-12(5-7-16)15(2)3/h11-14H,4-10H2,1-3H3. The Kier molecular flexibility index (Phi) is 4.79. The number of hydrogen-bond donors (Lipinski definition) is 1. The second-order valence-electron chi connectivity index (χ2n) is 5.69. The number of nitrogens with one attached hydrogen (secondary N) is 1. The summed E-state index contributed by atoms with van der Waals surface area (Å²) in [5.74, 6) is 0.677. The Bertz CT molecular complexity index is 227. The second-order valence-corrected chi connectivity index (χ2v) is 5.69. The molecule has 2 fully saturated rings. The number of hydrogen-bond acceptors (Lipinski definition) is 4. The topological polar surface area (TPSA) is 27.7 Å². The van der Waals surface area contributed by atoms with Gasteiger partial charge in [0.15, 0.2) is 0 Å². The minimum absolute atomic E-state index is 0.557. The number of ether oxygens (including phenoxy) is 1. The Hall–Kier alpha value is -0.160. The van der Waals surface area contributed by atoms with Crippen LogP contribution in [0.2, 0.25) is 0 Å². The molecule has 0 saturated carbocycles. The highest BCUT2D eigenvalue weighted by Gasteiger charge is 2.30. The van der Waals surface area contributed by atoms with E-state index in [2.05, 4.69) is 29.2 Å². The molecule has 100 valence electrons. The first kappa shape index (κ1) is 13.3. The van der Waals surface area contributed by atoms with Gasteiger partial charge < -0.3 is 19.9 Å². The van der Waals surface area contributed by atoms with Crippen LogP contribution in [0.25, 0.3) is 0 Å². The molecule has 0 spiro atoms. The van der Waals surface area contributed by atoms with Crippen molar-refractivity contribution in [3.05, 3.63) is 0 Å². The van der Waals surface area contributed by atoms with E-state index in [1.165, 1.54) is 32.5 Å². The van der Waals surface area contributed by atoms with Crippen LogP contribution in [0.5, 0.6) is 0 Å². The maximum absolute atomic E-state index is 5.56. The van der Waals surface area contributed by atoms with Crippen LogP contribution in [0.15, 0.2) is 0 Å². The molecule has 2 unspecified atom stereocenters. The van der Waals surface area contributed by atoms with E-state index in [0.29, 0.717) is 12.0 Å². The van der Waals surface area contributed by atoms with Gasteiger partial charge in [0.25, 0.3) is 0 Å². The highest BCUT2D eigenvalue weighted by molar-refractivity contribution is 4.85. The highest BCUT2D eigenvalue weighted by atomic mass is 16.5. The van der Waals surface area contributed by atoms with Crippen LogP contribution in [0.1, 0.15) is 12.8 Å². The molecule has 0 radical (unpaired) electrons. The maximum Gasteiger partial charge on any atom is 0.0623 e. The van der Waals surface area contributed by atoms with Crippen molar-refractivity contribution in [2.45, 2.75) is 24.9 Å². The average Bonchev–Trinajstić information content (AvgIpc) is 2.77. The molecule has 2 aliphatic heterocycles. The van der Waals surface area contributed by atoms with Crippen molar-refractivity contribution in [3.8, 4) is 0 Å². The third kappa shape index (κ3) is 3.41. The van der Waals surface area contributed by atoms with E-state index in [4.69, 9.17) is 4.74 Å². The summed E-state index contributed by atoms with van der Waals surface area (Å²) in [5, 5.41) is 3.37. The molecule has 1 N–H and O–H groups in total. The van der Waals surface area contributed by atoms with E-state index < -0.39 is 0 Å². The molecule has 2 atom stereocenters. The third-order valence-electron chi connectivity index (χ3n) is 4.35. The molecule has 2 saturated heterocycles. The molecule has 0 bridgehead atoms. The van der Waals surface area contributed by atoms with Gasteiger partial charge in [-0.2, -0.15) is 0 Å². The van der Waals surface area contributed by atoms with Crippen LogP contribution in [0.3, 0.4) is 0 Å². The van der Waals surface area contributed by atoms with Crippen molar-refractivity contribution in [2.75, 3.05) is 54.0 Å². The zero-order valence-corrected chi connectivity index (χ0v) is 11.5. The average molecular weight is 241 g/mol. The molecular weight excluding hydrogens is 214 g/mol. The first-order chi connectivity index (χ1) is 8.20. The van der Waals surface area contributed by atoms with Crippen LogP contribution >= 0.6 is 0 Å². The van der Waals surface area contributed by atoms with Crippen LogP contribution in [0, 0.1) is 5.92 Å². The molecule has 2 rings (SSSR count). The maximum atomic E-state index is 5.56. The zero-order valence-electron chi connectivity index (χ0n) is 11.5. The fourth-order valence-corrected chi connectivity index (χ4v) is 3.05. The Balaban J connectivity index is 1.74. The summed E-state index contributed by atoms with van der Waals surface area (Å²) >= 11 is 0. The van der Waals surface area contributed by atoms with Crippen molar-refractivity contribution >= 4 is 0 Å². The molecule has 0 aromatic carbocycles. The molecule has 0 amide bonds. The molecule has 2 aliphatic rings. The third-order valence-corrected chi connectivity index (χ3v) is 4.35. The van der Waals surface area contributed by atoms with Crippen molar-refractivity contribution in [1.82, 2.24) is 15.1 Å². The van der Waals surface area contributed by atoms with Gasteiger partial charge in [-0.25, -0.2) is 0 Å². The smallest absolute Gasteiger partial charge is 0.0623 e. The van der Waals surface area contributed by atoms with E-state index in [0.717, 1.165) is 19.3 Å². The SMILES string of the molecule is CNC1COCC1CN1CCC(N(C)C)CC1. The van der Waals surface area contributed by atoms with Gasteiger partial charge in [-0.15, -0.1) is 0 Å². The lowest BCUT2D eigenvalue weighted by Crippen LogP contribution is -2.46. The lowest BCUT2D eigenvalue weighted by Gasteiger charge is -2.36. The Morgan fingerprint density at radius 3 is 2.53 bits per heavy atom. The lowest BCUT2D eigenvalue weighted by molar-refractivity contribution is 0.120. The van der Waals surface area contributed by atoms with Gasteiger partial charge in [0.2, 0.25) is 0 Å². The van der Waals surface area contributed by atoms with Crippen LogP contribution in [0.4, 0.5) is 0 Å². The fourth-order valence-electron chi connectivity index (χ4n) is 3.05. The van der Waals surface area contributed by atoms with Crippen molar-refractivity contribution in [3.63, 3.8) is 0 Å². The number of piperidine rings is 1. The molecule has 0 aromatic rings. The predicted molar refractivity (Wildman–Crippen MR) is 70.3 cm³/mol. The summed E-state index contributed by atoms with van der Waals surface area (Å²) in [4.78, 5) is 4.98. The molecule has 17 heavy (non-hydrogen) atoms. The molecular formula is C13H27N3O. The summed E-state index contributed by atoms with van der Waals surface area (Å²) in [6, 6.07) is 1.34. The quantitative estimate of drug-likeness (QED) is 0.763. The molecule has 2 heterocycles. The van der Waals surface area contributed by atoms with Gasteiger partial charge in [0.05, 0.1) is 13.2 Å². The number of nitrogens with zero attached hydrogens (tertiary/aromatic N) is 2. The predicted octanol–water partition coefficient (Wildman–Crippen LogP) is 0.247.